The number of hydrogen-bond donors (Lipinski definition) is 0. The molecule has 2 aromatic heterocycles. The molecule has 6 nitrogen and oxygen atoms in total. The van der Waals surface area contributed by atoms with Crippen LogP contribution in [0.5, 0.6) is 0 Å². The number of aryl methyl sites for hydroxylation is 1. The molecule has 120 valence electrons. The molecule has 0 bridgehead atoms. The molecular formula is C14H11Cl2FN4O2. The molecule has 3 aromatic rings. The quantitative estimate of drug-likeness (QED) is 0.659. The summed E-state index contributed by atoms with van der Waals surface area (Å²) in [7, 11) is 2.83. The summed E-state index contributed by atoms with van der Waals surface area (Å²) in [4.78, 5) is 28.4. The van der Waals surface area contributed by atoms with E-state index in [4.69, 9.17) is 23.2 Å². The van der Waals surface area contributed by atoms with Crippen molar-refractivity contribution in [1.29, 1.82) is 0 Å². The molecule has 0 atom stereocenters. The minimum absolute atomic E-state index is 0.0300. The van der Waals surface area contributed by atoms with Crippen LogP contribution in [0, 0.1) is 5.82 Å². The predicted octanol–water partition coefficient (Wildman–Crippen LogP) is 1.93. The van der Waals surface area contributed by atoms with Gasteiger partial charge < -0.3 is 4.57 Å². The van der Waals surface area contributed by atoms with Crippen LogP contribution in [0.2, 0.25) is 10.3 Å². The lowest BCUT2D eigenvalue weighted by atomic mass is 10.2. The topological polar surface area (TPSA) is 61.8 Å². The van der Waals surface area contributed by atoms with Crippen LogP contribution >= 0.6 is 23.2 Å². The summed E-state index contributed by atoms with van der Waals surface area (Å²) < 4.78 is 17.5. The Morgan fingerprint density at radius 2 is 1.87 bits per heavy atom. The van der Waals surface area contributed by atoms with Crippen molar-refractivity contribution < 1.29 is 4.39 Å². The molecule has 1 aromatic carbocycles. The zero-order valence-corrected chi connectivity index (χ0v) is 13.7. The van der Waals surface area contributed by atoms with Crippen LogP contribution in [0.3, 0.4) is 0 Å². The summed E-state index contributed by atoms with van der Waals surface area (Å²) in [5.41, 5.74) is -0.650. The van der Waals surface area contributed by atoms with Crippen LogP contribution in [0.1, 0.15) is 5.56 Å². The molecule has 0 spiro atoms. The lowest BCUT2D eigenvalue weighted by Crippen LogP contribution is -2.37. The van der Waals surface area contributed by atoms with Gasteiger partial charge in [0.2, 0.25) is 5.28 Å². The van der Waals surface area contributed by atoms with Gasteiger partial charge in [0.25, 0.3) is 5.56 Å². The third-order valence-electron chi connectivity index (χ3n) is 3.68. The second-order valence-electron chi connectivity index (χ2n) is 5.05. The average Bonchev–Trinajstić information content (AvgIpc) is 2.84. The van der Waals surface area contributed by atoms with Gasteiger partial charge in [-0.05, 0) is 23.7 Å². The third-order valence-corrected chi connectivity index (χ3v) is 4.32. The molecule has 0 fully saturated rings. The highest BCUT2D eigenvalue weighted by Crippen LogP contribution is 2.23. The van der Waals surface area contributed by atoms with E-state index in [-0.39, 0.29) is 33.6 Å². The summed E-state index contributed by atoms with van der Waals surface area (Å²) in [6.45, 7) is -0.0751. The Morgan fingerprint density at radius 1 is 1.17 bits per heavy atom. The lowest BCUT2D eigenvalue weighted by Gasteiger charge is -2.09. The van der Waals surface area contributed by atoms with Crippen LogP contribution in [0.4, 0.5) is 4.39 Å². The maximum atomic E-state index is 14.0. The van der Waals surface area contributed by atoms with Crippen molar-refractivity contribution >= 4 is 34.4 Å². The molecule has 0 saturated carbocycles. The number of rotatable bonds is 2. The predicted molar refractivity (Wildman–Crippen MR) is 85.7 cm³/mol. The van der Waals surface area contributed by atoms with Crippen molar-refractivity contribution in [3.05, 3.63) is 60.7 Å². The third kappa shape index (κ3) is 2.36. The van der Waals surface area contributed by atoms with E-state index in [0.29, 0.717) is 0 Å². The van der Waals surface area contributed by atoms with Gasteiger partial charge in [-0.2, -0.15) is 4.98 Å². The van der Waals surface area contributed by atoms with E-state index in [1.54, 1.807) is 6.07 Å². The highest BCUT2D eigenvalue weighted by Gasteiger charge is 2.19. The Morgan fingerprint density at radius 3 is 2.52 bits per heavy atom. The first-order valence-corrected chi connectivity index (χ1v) is 7.33. The van der Waals surface area contributed by atoms with Crippen molar-refractivity contribution in [1.82, 2.24) is 18.7 Å². The number of aromatic nitrogens is 4. The van der Waals surface area contributed by atoms with E-state index in [9.17, 15) is 14.0 Å². The molecule has 0 aliphatic heterocycles. The van der Waals surface area contributed by atoms with E-state index in [0.717, 1.165) is 4.57 Å². The van der Waals surface area contributed by atoms with Gasteiger partial charge in [-0.15, -0.1) is 0 Å². The number of halogens is 3. The van der Waals surface area contributed by atoms with Crippen LogP contribution in [-0.4, -0.2) is 18.7 Å². The van der Waals surface area contributed by atoms with Gasteiger partial charge in [0.05, 0.1) is 6.54 Å². The minimum atomic E-state index is -0.560. The van der Waals surface area contributed by atoms with Crippen LogP contribution < -0.4 is 11.2 Å². The molecule has 0 N–H and O–H groups in total. The molecule has 0 aliphatic rings. The van der Waals surface area contributed by atoms with Gasteiger partial charge >= 0.3 is 5.69 Å². The Bertz CT molecular complexity index is 1030. The van der Waals surface area contributed by atoms with Gasteiger partial charge in [-0.3, -0.25) is 13.9 Å². The van der Waals surface area contributed by atoms with Gasteiger partial charge in [-0.1, -0.05) is 17.7 Å². The minimum Gasteiger partial charge on any atom is -0.304 e. The fourth-order valence-corrected chi connectivity index (χ4v) is 2.85. The smallest absolute Gasteiger partial charge is 0.304 e. The first kappa shape index (κ1) is 15.8. The Kier molecular flexibility index (Phi) is 3.77. The molecule has 2 heterocycles. The van der Waals surface area contributed by atoms with Gasteiger partial charge in [-0.25, -0.2) is 9.18 Å². The van der Waals surface area contributed by atoms with Gasteiger partial charge in [0, 0.05) is 24.7 Å². The fourth-order valence-electron chi connectivity index (χ4n) is 2.41. The zero-order chi connectivity index (χ0) is 16.9. The fraction of sp³-hybridized carbons (Fsp3) is 0.214. The molecule has 0 unspecified atom stereocenters. The van der Waals surface area contributed by atoms with Crippen LogP contribution in [0.15, 0.2) is 27.8 Å². The normalized spacial score (nSPS) is 11.3. The van der Waals surface area contributed by atoms with Crippen molar-refractivity contribution in [3.63, 3.8) is 0 Å². The summed E-state index contributed by atoms with van der Waals surface area (Å²) in [6, 6.07) is 4.29. The van der Waals surface area contributed by atoms with Crippen molar-refractivity contribution in [2.45, 2.75) is 6.54 Å². The maximum Gasteiger partial charge on any atom is 0.332 e. The molecule has 0 radical (unpaired) electrons. The first-order chi connectivity index (χ1) is 10.8. The highest BCUT2D eigenvalue weighted by atomic mass is 35.5. The molecule has 0 saturated heterocycles. The molecule has 3 rings (SSSR count). The number of benzene rings is 1. The lowest BCUT2D eigenvalue weighted by molar-refractivity contribution is 0.601. The number of imidazole rings is 1. The summed E-state index contributed by atoms with van der Waals surface area (Å²) in [5, 5.41) is 0.183. The number of nitrogens with zero attached hydrogens (tertiary/aromatic N) is 4. The largest absolute Gasteiger partial charge is 0.332 e. The Balaban J connectivity index is 2.33. The van der Waals surface area contributed by atoms with Gasteiger partial charge in [0.15, 0.2) is 11.2 Å². The summed E-state index contributed by atoms with van der Waals surface area (Å²) in [6.07, 6.45) is 0. The molecular weight excluding hydrogens is 346 g/mol. The Labute approximate surface area is 139 Å². The van der Waals surface area contributed by atoms with Crippen LogP contribution in [0.25, 0.3) is 11.2 Å². The van der Waals surface area contributed by atoms with Crippen molar-refractivity contribution in [3.8, 4) is 0 Å². The van der Waals surface area contributed by atoms with E-state index in [1.165, 1.54) is 35.4 Å². The zero-order valence-electron chi connectivity index (χ0n) is 12.2. The van der Waals surface area contributed by atoms with Gasteiger partial charge in [0.1, 0.15) is 5.82 Å². The second-order valence-corrected chi connectivity index (χ2v) is 5.79. The monoisotopic (exact) mass is 356 g/mol. The Hall–Kier alpha value is -2.12. The number of hydrogen-bond acceptors (Lipinski definition) is 3. The summed E-state index contributed by atoms with van der Waals surface area (Å²) in [5.74, 6) is -0.517. The maximum absolute atomic E-state index is 14.0. The first-order valence-electron chi connectivity index (χ1n) is 6.57. The molecule has 0 amide bonds. The molecule has 9 heteroatoms. The standard InChI is InChI=1S/C14H11Cl2FN4O2/c1-19-11-10(12(22)20(2)14(19)23)21(13(16)18-11)6-7-8(15)4-3-5-9(7)17/h3-5H,6H2,1-2H3. The highest BCUT2D eigenvalue weighted by molar-refractivity contribution is 6.31. The van der Waals surface area contributed by atoms with E-state index in [1.807, 2.05) is 0 Å². The second kappa shape index (κ2) is 5.50. The average molecular weight is 357 g/mol. The number of fused-ring (bicyclic) bond motifs is 1. The van der Waals surface area contributed by atoms with Crippen LogP contribution in [-0.2, 0) is 20.6 Å². The summed E-state index contributed by atoms with van der Waals surface area (Å²) >= 11 is 12.1. The van der Waals surface area contributed by atoms with E-state index in [2.05, 4.69) is 4.98 Å². The van der Waals surface area contributed by atoms with Crippen molar-refractivity contribution in [2.75, 3.05) is 0 Å². The SMILES string of the molecule is Cn1c(=O)c2c(nc(Cl)n2Cc2c(F)cccc2Cl)n(C)c1=O. The molecule has 0 aliphatic carbocycles. The molecule has 23 heavy (non-hydrogen) atoms. The van der Waals surface area contributed by atoms with Crippen molar-refractivity contribution in [2.24, 2.45) is 14.1 Å². The van der Waals surface area contributed by atoms with E-state index < -0.39 is 17.1 Å². The van der Waals surface area contributed by atoms with E-state index >= 15 is 0 Å².